The number of hydrogen-bond acceptors (Lipinski definition) is 4. The van der Waals surface area contributed by atoms with E-state index in [0.29, 0.717) is 19.5 Å². The number of nitrogens with zero attached hydrogens (tertiary/aromatic N) is 2. The normalized spacial score (nSPS) is 19.3. The third-order valence-corrected chi connectivity index (χ3v) is 6.76. The highest BCUT2D eigenvalue weighted by atomic mass is 16.2. The molecule has 2 fully saturated rings. The fourth-order valence-electron chi connectivity index (χ4n) is 4.53. The van der Waals surface area contributed by atoms with Crippen molar-refractivity contribution in [3.8, 4) is 0 Å². The van der Waals surface area contributed by atoms with E-state index >= 15 is 0 Å². The predicted octanol–water partition coefficient (Wildman–Crippen LogP) is 4.07. The first-order chi connectivity index (χ1) is 15.4. The molecule has 2 N–H and O–H groups in total. The number of piperidine rings is 1. The maximum absolute atomic E-state index is 12.4. The average molecular weight is 435 g/mol. The number of hydrogen-bond donors (Lipinski definition) is 2. The third kappa shape index (κ3) is 5.23. The van der Waals surface area contributed by atoms with Crippen molar-refractivity contribution >= 4 is 28.9 Å². The zero-order valence-electron chi connectivity index (χ0n) is 19.4. The number of rotatable bonds is 6. The van der Waals surface area contributed by atoms with Crippen molar-refractivity contribution in [2.75, 3.05) is 36.9 Å². The molecule has 0 bridgehead atoms. The van der Waals surface area contributed by atoms with Crippen LogP contribution in [0.4, 0.5) is 17.1 Å². The molecule has 0 saturated carbocycles. The molecule has 1 atom stereocenters. The fraction of sp³-hybridized carbons (Fsp3) is 0.462. The van der Waals surface area contributed by atoms with Crippen molar-refractivity contribution < 1.29 is 9.59 Å². The van der Waals surface area contributed by atoms with Gasteiger partial charge >= 0.3 is 0 Å². The molecule has 2 amide bonds. The zero-order chi connectivity index (χ0) is 22.7. The maximum Gasteiger partial charge on any atom is 0.225 e. The maximum atomic E-state index is 12.4. The van der Waals surface area contributed by atoms with Crippen molar-refractivity contribution in [3.63, 3.8) is 0 Å². The zero-order valence-corrected chi connectivity index (χ0v) is 19.4. The quantitative estimate of drug-likeness (QED) is 0.719. The third-order valence-electron chi connectivity index (χ3n) is 6.76. The largest absolute Gasteiger partial charge is 0.372 e. The van der Waals surface area contributed by atoms with Gasteiger partial charge in [0, 0.05) is 56.7 Å². The number of carbonyl (C=O) groups is 2. The summed E-state index contributed by atoms with van der Waals surface area (Å²) in [5, 5.41) is 6.48. The van der Waals surface area contributed by atoms with Crippen molar-refractivity contribution in [3.05, 3.63) is 53.6 Å². The molecule has 6 heteroatoms. The van der Waals surface area contributed by atoms with E-state index in [1.54, 1.807) is 11.9 Å². The van der Waals surface area contributed by atoms with Crippen LogP contribution in [-0.2, 0) is 16.1 Å². The molecule has 0 radical (unpaired) electrons. The van der Waals surface area contributed by atoms with Crippen LogP contribution in [-0.4, -0.2) is 43.4 Å². The van der Waals surface area contributed by atoms with Crippen molar-refractivity contribution in [1.29, 1.82) is 0 Å². The number of aryl methyl sites for hydroxylation is 1. The molecular formula is C26H34N4O2. The molecule has 2 aliphatic rings. The van der Waals surface area contributed by atoms with Crippen LogP contribution in [0.25, 0.3) is 0 Å². The number of anilines is 3. The number of nitrogens with one attached hydrogen (secondary N) is 2. The van der Waals surface area contributed by atoms with Crippen LogP contribution in [0.1, 0.15) is 37.3 Å². The van der Waals surface area contributed by atoms with Gasteiger partial charge in [0.05, 0.1) is 5.92 Å². The molecule has 2 aromatic carbocycles. The highest BCUT2D eigenvalue weighted by Gasteiger charge is 2.31. The molecule has 2 heterocycles. The minimum absolute atomic E-state index is 0.0370. The van der Waals surface area contributed by atoms with E-state index < -0.39 is 0 Å². The number of carbonyl (C=O) groups excluding carboxylic acids is 2. The Balaban J connectivity index is 1.31. The van der Waals surface area contributed by atoms with Crippen molar-refractivity contribution in [2.24, 2.45) is 11.8 Å². The standard InChI is InChI=1S/C26H34N4O2/c1-18-10-12-30(13-11-18)23-7-5-22(6-8-23)28-24-9-4-20(14-19(24)2)16-27-26(32)21-15-25(31)29(3)17-21/h4-9,14,18,21,28H,10-13,15-17H2,1-3H3,(H,27,32). The van der Waals surface area contributed by atoms with Gasteiger partial charge in [0.15, 0.2) is 0 Å². The highest BCUT2D eigenvalue weighted by Crippen LogP contribution is 2.27. The summed E-state index contributed by atoms with van der Waals surface area (Å²) >= 11 is 0. The van der Waals surface area contributed by atoms with Gasteiger partial charge in [-0.05, 0) is 67.1 Å². The molecule has 0 spiro atoms. The lowest BCUT2D eigenvalue weighted by molar-refractivity contribution is -0.128. The van der Waals surface area contributed by atoms with Crippen LogP contribution >= 0.6 is 0 Å². The molecule has 0 aromatic heterocycles. The lowest BCUT2D eigenvalue weighted by atomic mass is 9.99. The van der Waals surface area contributed by atoms with Gasteiger partial charge < -0.3 is 20.4 Å². The molecule has 0 aliphatic carbocycles. The lowest BCUT2D eigenvalue weighted by Crippen LogP contribution is -2.32. The SMILES string of the molecule is Cc1cc(CNC(=O)C2CC(=O)N(C)C2)ccc1Nc1ccc(N2CCC(C)CC2)cc1. The predicted molar refractivity (Wildman–Crippen MR) is 129 cm³/mol. The van der Waals surface area contributed by atoms with Crippen LogP contribution in [0, 0.1) is 18.8 Å². The van der Waals surface area contributed by atoms with Gasteiger partial charge in [-0.2, -0.15) is 0 Å². The first-order valence-corrected chi connectivity index (χ1v) is 11.6. The highest BCUT2D eigenvalue weighted by molar-refractivity contribution is 5.89. The molecule has 1 unspecified atom stereocenters. The van der Waals surface area contributed by atoms with Crippen LogP contribution in [0.15, 0.2) is 42.5 Å². The van der Waals surface area contributed by atoms with E-state index in [-0.39, 0.29) is 17.7 Å². The Bertz CT molecular complexity index is 964. The smallest absolute Gasteiger partial charge is 0.225 e. The summed E-state index contributed by atoms with van der Waals surface area (Å²) in [6.07, 6.45) is 2.84. The molecule has 32 heavy (non-hydrogen) atoms. The van der Waals surface area contributed by atoms with E-state index in [2.05, 4.69) is 65.8 Å². The van der Waals surface area contributed by atoms with Gasteiger partial charge in [0.25, 0.3) is 0 Å². The second-order valence-electron chi connectivity index (χ2n) is 9.38. The average Bonchev–Trinajstić information content (AvgIpc) is 3.13. The molecule has 6 nitrogen and oxygen atoms in total. The van der Waals surface area contributed by atoms with Gasteiger partial charge in [-0.1, -0.05) is 19.1 Å². The molecular weight excluding hydrogens is 400 g/mol. The summed E-state index contributed by atoms with van der Waals surface area (Å²) in [6, 6.07) is 14.9. The molecule has 2 aliphatic heterocycles. The van der Waals surface area contributed by atoms with Crippen LogP contribution in [0.3, 0.4) is 0 Å². The van der Waals surface area contributed by atoms with Crippen LogP contribution < -0.4 is 15.5 Å². The topological polar surface area (TPSA) is 64.7 Å². The summed E-state index contributed by atoms with van der Waals surface area (Å²) < 4.78 is 0. The number of likely N-dealkylation sites (tertiary alicyclic amines) is 1. The summed E-state index contributed by atoms with van der Waals surface area (Å²) in [6.45, 7) is 7.65. The second kappa shape index (κ2) is 9.63. The van der Waals surface area contributed by atoms with Crippen LogP contribution in [0.5, 0.6) is 0 Å². The summed E-state index contributed by atoms with van der Waals surface area (Å²) in [5.74, 6) is 0.576. The Morgan fingerprint density at radius 2 is 1.81 bits per heavy atom. The Morgan fingerprint density at radius 1 is 1.09 bits per heavy atom. The van der Waals surface area contributed by atoms with Crippen molar-refractivity contribution in [1.82, 2.24) is 10.2 Å². The number of benzene rings is 2. The second-order valence-corrected chi connectivity index (χ2v) is 9.38. The van der Waals surface area contributed by atoms with Crippen molar-refractivity contribution in [2.45, 2.75) is 39.7 Å². The fourth-order valence-corrected chi connectivity index (χ4v) is 4.53. The van der Waals surface area contributed by atoms with E-state index in [9.17, 15) is 9.59 Å². The van der Waals surface area contributed by atoms with E-state index in [0.717, 1.165) is 41.5 Å². The number of amides is 2. The summed E-state index contributed by atoms with van der Waals surface area (Å²) in [4.78, 5) is 28.1. The Hall–Kier alpha value is -3.02. The summed E-state index contributed by atoms with van der Waals surface area (Å²) in [5.41, 5.74) is 5.59. The van der Waals surface area contributed by atoms with E-state index in [4.69, 9.17) is 0 Å². The van der Waals surface area contributed by atoms with Gasteiger partial charge in [-0.3, -0.25) is 9.59 Å². The minimum Gasteiger partial charge on any atom is -0.372 e. The molecule has 4 rings (SSSR count). The Kier molecular flexibility index (Phi) is 6.68. The van der Waals surface area contributed by atoms with Gasteiger partial charge in [0.2, 0.25) is 11.8 Å². The van der Waals surface area contributed by atoms with E-state index in [1.807, 2.05) is 6.07 Å². The minimum atomic E-state index is -0.245. The Labute approximate surface area is 191 Å². The molecule has 2 aromatic rings. The van der Waals surface area contributed by atoms with Gasteiger partial charge in [-0.15, -0.1) is 0 Å². The van der Waals surface area contributed by atoms with Crippen LogP contribution in [0.2, 0.25) is 0 Å². The van der Waals surface area contributed by atoms with E-state index in [1.165, 1.54) is 18.5 Å². The Morgan fingerprint density at radius 3 is 2.44 bits per heavy atom. The molecule has 2 saturated heterocycles. The summed E-state index contributed by atoms with van der Waals surface area (Å²) in [7, 11) is 1.74. The first-order valence-electron chi connectivity index (χ1n) is 11.6. The first kappa shape index (κ1) is 22.2. The monoisotopic (exact) mass is 434 g/mol. The van der Waals surface area contributed by atoms with Gasteiger partial charge in [-0.25, -0.2) is 0 Å². The van der Waals surface area contributed by atoms with Gasteiger partial charge in [0.1, 0.15) is 0 Å². The molecule has 170 valence electrons. The lowest BCUT2D eigenvalue weighted by Gasteiger charge is -2.32.